The summed E-state index contributed by atoms with van der Waals surface area (Å²) in [6, 6.07) is 15.0. The van der Waals surface area contributed by atoms with E-state index in [1.165, 1.54) is 12.5 Å². The van der Waals surface area contributed by atoms with Crippen LogP contribution >= 0.6 is 0 Å². The molecule has 0 fully saturated rings. The molecule has 6 nitrogen and oxygen atoms in total. The van der Waals surface area contributed by atoms with Gasteiger partial charge < -0.3 is 18.6 Å². The third kappa shape index (κ3) is 3.81. The minimum absolute atomic E-state index is 0.0609. The standard InChI is InChI=1S/C24H24N2O4/c1-25(23(27)19-15-29-21-11-5-3-9-17(19)21)13-7-8-14-26(2)24(28)20-16-30-22-12-6-4-10-18(20)22/h3-6,9-12,15-16H,7-8,13-14H2,1-2H3. The van der Waals surface area contributed by atoms with E-state index in [0.29, 0.717) is 35.4 Å². The molecule has 0 saturated carbocycles. The minimum Gasteiger partial charge on any atom is -0.463 e. The van der Waals surface area contributed by atoms with E-state index in [9.17, 15) is 9.59 Å². The molecule has 0 saturated heterocycles. The van der Waals surface area contributed by atoms with E-state index in [1.807, 2.05) is 48.5 Å². The molecular weight excluding hydrogens is 380 g/mol. The number of unbranched alkanes of at least 4 members (excludes halogenated alkanes) is 1. The highest BCUT2D eigenvalue weighted by Crippen LogP contribution is 2.23. The molecule has 2 amide bonds. The van der Waals surface area contributed by atoms with Crippen molar-refractivity contribution in [3.05, 3.63) is 72.2 Å². The lowest BCUT2D eigenvalue weighted by molar-refractivity contribution is 0.0767. The Labute approximate surface area is 174 Å². The molecule has 0 bridgehead atoms. The van der Waals surface area contributed by atoms with Crippen molar-refractivity contribution in [2.24, 2.45) is 0 Å². The van der Waals surface area contributed by atoms with Crippen LogP contribution in [0, 0.1) is 0 Å². The van der Waals surface area contributed by atoms with Crippen LogP contribution in [0.3, 0.4) is 0 Å². The zero-order valence-electron chi connectivity index (χ0n) is 17.1. The highest BCUT2D eigenvalue weighted by molar-refractivity contribution is 6.06. The first-order valence-corrected chi connectivity index (χ1v) is 9.99. The molecular formula is C24H24N2O4. The van der Waals surface area contributed by atoms with E-state index >= 15 is 0 Å². The summed E-state index contributed by atoms with van der Waals surface area (Å²) in [5, 5.41) is 1.65. The lowest BCUT2D eigenvalue weighted by Gasteiger charge is -2.19. The monoisotopic (exact) mass is 404 g/mol. The largest absolute Gasteiger partial charge is 0.463 e. The number of hydrogen-bond donors (Lipinski definition) is 0. The van der Waals surface area contributed by atoms with Crippen molar-refractivity contribution in [3.8, 4) is 0 Å². The Morgan fingerprint density at radius 1 is 0.700 bits per heavy atom. The maximum Gasteiger partial charge on any atom is 0.257 e. The van der Waals surface area contributed by atoms with Crippen LogP contribution in [0.25, 0.3) is 21.9 Å². The summed E-state index contributed by atoms with van der Waals surface area (Å²) in [6.45, 7) is 1.21. The highest BCUT2D eigenvalue weighted by Gasteiger charge is 2.19. The Morgan fingerprint density at radius 3 is 1.53 bits per heavy atom. The Kier molecular flexibility index (Phi) is 5.57. The van der Waals surface area contributed by atoms with Gasteiger partial charge in [-0.05, 0) is 25.0 Å². The van der Waals surface area contributed by atoms with Gasteiger partial charge in [-0.2, -0.15) is 0 Å². The van der Waals surface area contributed by atoms with Gasteiger partial charge in [-0.3, -0.25) is 9.59 Å². The average Bonchev–Trinajstić information content (AvgIpc) is 3.39. The molecule has 0 N–H and O–H groups in total. The number of benzene rings is 2. The molecule has 0 radical (unpaired) electrons. The van der Waals surface area contributed by atoms with Crippen LogP contribution in [0.5, 0.6) is 0 Å². The molecule has 4 aromatic rings. The molecule has 0 aliphatic carbocycles. The van der Waals surface area contributed by atoms with Crippen LogP contribution in [0.2, 0.25) is 0 Å². The van der Waals surface area contributed by atoms with E-state index in [0.717, 1.165) is 23.6 Å². The van der Waals surface area contributed by atoms with E-state index in [1.54, 1.807) is 23.9 Å². The van der Waals surface area contributed by atoms with Crippen molar-refractivity contribution in [1.82, 2.24) is 9.80 Å². The summed E-state index contributed by atoms with van der Waals surface area (Å²) in [7, 11) is 3.58. The third-order valence-corrected chi connectivity index (χ3v) is 5.35. The maximum atomic E-state index is 12.7. The maximum absolute atomic E-state index is 12.7. The van der Waals surface area contributed by atoms with Gasteiger partial charge in [0.15, 0.2) is 0 Å². The first-order chi connectivity index (χ1) is 14.6. The molecule has 0 atom stereocenters. The summed E-state index contributed by atoms with van der Waals surface area (Å²) in [5.74, 6) is -0.122. The summed E-state index contributed by atoms with van der Waals surface area (Å²) in [5.41, 5.74) is 2.57. The van der Waals surface area contributed by atoms with Crippen molar-refractivity contribution < 1.29 is 18.4 Å². The molecule has 0 aliphatic heterocycles. The predicted molar refractivity (Wildman–Crippen MR) is 116 cm³/mol. The molecule has 6 heteroatoms. The van der Waals surface area contributed by atoms with Gasteiger partial charge in [0.25, 0.3) is 11.8 Å². The van der Waals surface area contributed by atoms with Crippen LogP contribution in [0.4, 0.5) is 0 Å². The van der Waals surface area contributed by atoms with Gasteiger partial charge >= 0.3 is 0 Å². The van der Waals surface area contributed by atoms with E-state index in [2.05, 4.69) is 0 Å². The second-order valence-electron chi connectivity index (χ2n) is 7.45. The van der Waals surface area contributed by atoms with Gasteiger partial charge in [-0.1, -0.05) is 36.4 Å². The number of rotatable bonds is 7. The third-order valence-electron chi connectivity index (χ3n) is 5.35. The normalized spacial score (nSPS) is 11.1. The molecule has 0 unspecified atom stereocenters. The van der Waals surface area contributed by atoms with Crippen molar-refractivity contribution in [2.75, 3.05) is 27.2 Å². The number of hydrogen-bond acceptors (Lipinski definition) is 4. The first kappa shape index (κ1) is 19.8. The van der Waals surface area contributed by atoms with Gasteiger partial charge in [0.2, 0.25) is 0 Å². The molecule has 30 heavy (non-hydrogen) atoms. The van der Waals surface area contributed by atoms with Crippen molar-refractivity contribution in [2.45, 2.75) is 12.8 Å². The molecule has 2 aromatic carbocycles. The van der Waals surface area contributed by atoms with Crippen LogP contribution in [-0.2, 0) is 0 Å². The van der Waals surface area contributed by atoms with Crippen molar-refractivity contribution >= 4 is 33.8 Å². The van der Waals surface area contributed by atoms with Gasteiger partial charge in [-0.25, -0.2) is 0 Å². The summed E-state index contributed by atoms with van der Waals surface area (Å²) in [6.07, 6.45) is 4.62. The second kappa shape index (κ2) is 8.45. The van der Waals surface area contributed by atoms with Crippen LogP contribution < -0.4 is 0 Å². The summed E-state index contributed by atoms with van der Waals surface area (Å²) in [4.78, 5) is 28.8. The number of para-hydroxylation sites is 2. The average molecular weight is 404 g/mol. The Bertz CT molecular complexity index is 1100. The SMILES string of the molecule is CN(CCCCN(C)C(=O)c1coc2ccccc12)C(=O)c1coc2ccccc12. The van der Waals surface area contributed by atoms with Crippen molar-refractivity contribution in [3.63, 3.8) is 0 Å². The number of carbonyl (C=O) groups excluding carboxylic acids is 2. The molecule has 4 rings (SSSR count). The highest BCUT2D eigenvalue weighted by atomic mass is 16.3. The number of carbonyl (C=O) groups is 2. The minimum atomic E-state index is -0.0609. The molecule has 154 valence electrons. The fraction of sp³-hybridized carbons (Fsp3) is 0.250. The van der Waals surface area contributed by atoms with Gasteiger partial charge in [0.05, 0.1) is 11.1 Å². The second-order valence-corrected chi connectivity index (χ2v) is 7.45. The predicted octanol–water partition coefficient (Wildman–Crippen LogP) is 4.80. The van der Waals surface area contributed by atoms with Crippen LogP contribution in [0.15, 0.2) is 69.9 Å². The lowest BCUT2D eigenvalue weighted by Crippen LogP contribution is -2.30. The number of amides is 2. The molecule has 0 spiro atoms. The van der Waals surface area contributed by atoms with Crippen molar-refractivity contribution in [1.29, 1.82) is 0 Å². The van der Waals surface area contributed by atoms with Crippen LogP contribution in [-0.4, -0.2) is 48.8 Å². The zero-order chi connectivity index (χ0) is 21.1. The smallest absolute Gasteiger partial charge is 0.257 e. The molecule has 2 aromatic heterocycles. The first-order valence-electron chi connectivity index (χ1n) is 9.99. The topological polar surface area (TPSA) is 66.9 Å². The summed E-state index contributed by atoms with van der Waals surface area (Å²) < 4.78 is 10.9. The number of nitrogens with zero attached hydrogens (tertiary/aromatic N) is 2. The van der Waals surface area contributed by atoms with Crippen LogP contribution in [0.1, 0.15) is 33.6 Å². The van der Waals surface area contributed by atoms with E-state index in [-0.39, 0.29) is 11.8 Å². The summed E-state index contributed by atoms with van der Waals surface area (Å²) >= 11 is 0. The van der Waals surface area contributed by atoms with Gasteiger partial charge in [0.1, 0.15) is 23.7 Å². The fourth-order valence-corrected chi connectivity index (χ4v) is 3.60. The molecule has 2 heterocycles. The Hall–Kier alpha value is -3.54. The Balaban J connectivity index is 1.29. The lowest BCUT2D eigenvalue weighted by atomic mass is 10.1. The van der Waals surface area contributed by atoms with E-state index in [4.69, 9.17) is 8.83 Å². The number of fused-ring (bicyclic) bond motifs is 2. The molecule has 0 aliphatic rings. The fourth-order valence-electron chi connectivity index (χ4n) is 3.60. The van der Waals surface area contributed by atoms with Gasteiger partial charge in [-0.15, -0.1) is 0 Å². The zero-order valence-corrected chi connectivity index (χ0v) is 17.1. The van der Waals surface area contributed by atoms with E-state index < -0.39 is 0 Å². The quantitative estimate of drug-likeness (QED) is 0.415. The van der Waals surface area contributed by atoms with Gasteiger partial charge in [0, 0.05) is 38.0 Å². The number of furan rings is 2. The Morgan fingerprint density at radius 2 is 1.10 bits per heavy atom.